The number of nitrogens with zero attached hydrogens (tertiary/aromatic N) is 2. The van der Waals surface area contributed by atoms with Crippen molar-refractivity contribution < 1.29 is 42.2 Å². The number of oxazole rings is 1. The molecule has 0 atom stereocenters. The van der Waals surface area contributed by atoms with Crippen molar-refractivity contribution in [1.29, 1.82) is 0 Å². The number of carbonyl (C=O) groups excluding carboxylic acids is 1. The van der Waals surface area contributed by atoms with Gasteiger partial charge < -0.3 is 24.8 Å². The zero-order chi connectivity index (χ0) is 23.6. The van der Waals surface area contributed by atoms with E-state index >= 15 is 0 Å². The van der Waals surface area contributed by atoms with Crippen molar-refractivity contribution in [3.63, 3.8) is 0 Å². The number of halogens is 3. The molecule has 1 aromatic carbocycles. The van der Waals surface area contributed by atoms with E-state index in [1.807, 2.05) is 14.1 Å². The molecule has 0 aliphatic rings. The number of anilines is 1. The second kappa shape index (κ2) is 12.3. The number of alkyl halides is 3. The van der Waals surface area contributed by atoms with Crippen LogP contribution in [0, 0.1) is 0 Å². The minimum Gasteiger partial charge on any atom is -0.481 e. The first-order valence-corrected chi connectivity index (χ1v) is 11.0. The molecule has 3 N–H and O–H groups in total. The maximum atomic E-state index is 12.1. The van der Waals surface area contributed by atoms with Crippen LogP contribution in [0.1, 0.15) is 16.8 Å². The minimum absolute atomic E-state index is 0.149. The van der Waals surface area contributed by atoms with Crippen LogP contribution in [0.2, 0.25) is 0 Å². The lowest BCUT2D eigenvalue weighted by atomic mass is 10.2. The lowest BCUT2D eigenvalue weighted by Gasteiger charge is -2.04. The number of aromatic nitrogens is 1. The Morgan fingerprint density at radius 1 is 1.16 bits per heavy atom. The van der Waals surface area contributed by atoms with Gasteiger partial charge in [-0.3, -0.25) is 9.59 Å². The zero-order valence-corrected chi connectivity index (χ0v) is 18.1. The van der Waals surface area contributed by atoms with E-state index in [0.717, 1.165) is 0 Å². The molecule has 14 heteroatoms. The molecule has 9 nitrogen and oxygen atoms in total. The van der Waals surface area contributed by atoms with E-state index in [0.29, 0.717) is 40.7 Å². The van der Waals surface area contributed by atoms with Gasteiger partial charge in [-0.1, -0.05) is 21.6 Å². The third-order valence-electron chi connectivity index (χ3n) is 3.22. The number of fused-ring (bicyclic) bond motifs is 1. The number of hydrogen-bond donors (Lipinski definition) is 3. The summed E-state index contributed by atoms with van der Waals surface area (Å²) in [5, 5.41) is 18.5. The molecule has 172 valence electrons. The van der Waals surface area contributed by atoms with Crippen LogP contribution >= 0.6 is 21.6 Å². The highest BCUT2D eigenvalue weighted by molar-refractivity contribution is 8.76. The SMILES string of the molecule is CN(C)c1nc2ccc(C(=O)NCCSSCCC(=O)O)cc2o1.O=C(O)C(F)(F)F. The predicted molar refractivity (Wildman–Crippen MR) is 112 cm³/mol. The highest BCUT2D eigenvalue weighted by atomic mass is 33.1. The van der Waals surface area contributed by atoms with Crippen LogP contribution in [0.3, 0.4) is 0 Å². The van der Waals surface area contributed by atoms with Crippen molar-refractivity contribution in [2.24, 2.45) is 0 Å². The monoisotopic (exact) mass is 483 g/mol. The number of carbonyl (C=O) groups is 3. The third-order valence-corrected chi connectivity index (χ3v) is 5.63. The molecule has 0 fully saturated rings. The van der Waals surface area contributed by atoms with Gasteiger partial charge in [-0.15, -0.1) is 0 Å². The van der Waals surface area contributed by atoms with E-state index in [1.165, 1.54) is 10.8 Å². The summed E-state index contributed by atoms with van der Waals surface area (Å²) >= 11 is 0. The number of carboxylic acids is 2. The van der Waals surface area contributed by atoms with Crippen LogP contribution in [0.5, 0.6) is 0 Å². The number of hydrogen-bond acceptors (Lipinski definition) is 8. The van der Waals surface area contributed by atoms with Crippen LogP contribution in [0.15, 0.2) is 22.6 Å². The highest BCUT2D eigenvalue weighted by Crippen LogP contribution is 2.22. The summed E-state index contributed by atoms with van der Waals surface area (Å²) in [6.07, 6.45) is -4.93. The molecule has 1 amide bonds. The van der Waals surface area contributed by atoms with Gasteiger partial charge in [0.05, 0.1) is 6.42 Å². The van der Waals surface area contributed by atoms with Crippen LogP contribution in [-0.4, -0.2) is 71.4 Å². The molecule has 1 aromatic heterocycles. The average Bonchev–Trinajstić information content (AvgIpc) is 3.10. The van der Waals surface area contributed by atoms with E-state index in [2.05, 4.69) is 10.3 Å². The van der Waals surface area contributed by atoms with Gasteiger partial charge in [0.15, 0.2) is 5.58 Å². The number of carboxylic acid groups (broad SMARTS) is 2. The summed E-state index contributed by atoms with van der Waals surface area (Å²) < 4.78 is 37.3. The van der Waals surface area contributed by atoms with E-state index < -0.39 is 18.1 Å². The Labute approximate surface area is 182 Å². The molecule has 0 aliphatic carbocycles. The molecule has 0 aliphatic heterocycles. The second-order valence-corrected chi connectivity index (χ2v) is 8.62. The van der Waals surface area contributed by atoms with Crippen LogP contribution < -0.4 is 10.2 Å². The Bertz CT molecular complexity index is 905. The fraction of sp³-hybridized carbons (Fsp3) is 0.412. The quantitative estimate of drug-likeness (QED) is 0.361. The molecule has 0 radical (unpaired) electrons. The van der Waals surface area contributed by atoms with E-state index in [-0.39, 0.29) is 12.3 Å². The van der Waals surface area contributed by atoms with Gasteiger partial charge in [0.1, 0.15) is 5.52 Å². The lowest BCUT2D eigenvalue weighted by molar-refractivity contribution is -0.192. The molecule has 2 aromatic rings. The highest BCUT2D eigenvalue weighted by Gasteiger charge is 2.38. The number of rotatable bonds is 9. The number of benzene rings is 1. The maximum Gasteiger partial charge on any atom is 0.490 e. The van der Waals surface area contributed by atoms with Gasteiger partial charge in [-0.25, -0.2) is 4.79 Å². The molecule has 0 spiro atoms. The summed E-state index contributed by atoms with van der Waals surface area (Å²) in [6, 6.07) is 5.66. The van der Waals surface area contributed by atoms with Gasteiger partial charge >= 0.3 is 18.1 Å². The first-order valence-electron chi connectivity index (χ1n) is 8.54. The summed E-state index contributed by atoms with van der Waals surface area (Å²) in [6.45, 7) is 0.515. The molecule has 31 heavy (non-hydrogen) atoms. The van der Waals surface area contributed by atoms with E-state index in [4.69, 9.17) is 19.4 Å². The van der Waals surface area contributed by atoms with Gasteiger partial charge in [-0.05, 0) is 18.2 Å². The fourth-order valence-electron chi connectivity index (χ4n) is 1.80. The normalized spacial score (nSPS) is 10.9. The minimum atomic E-state index is -5.08. The van der Waals surface area contributed by atoms with Crippen molar-refractivity contribution in [3.05, 3.63) is 23.8 Å². The second-order valence-electron chi connectivity index (χ2n) is 5.92. The smallest absolute Gasteiger partial charge is 0.481 e. The zero-order valence-electron chi connectivity index (χ0n) is 16.4. The molecule has 1 heterocycles. The molecule has 0 unspecified atom stereocenters. The van der Waals surface area contributed by atoms with Crippen LogP contribution in [0.25, 0.3) is 11.1 Å². The molecule has 0 saturated heterocycles. The largest absolute Gasteiger partial charge is 0.490 e. The van der Waals surface area contributed by atoms with Crippen molar-refractivity contribution in [3.8, 4) is 0 Å². The first-order chi connectivity index (χ1) is 14.4. The Morgan fingerprint density at radius 2 is 1.77 bits per heavy atom. The number of aliphatic carboxylic acids is 2. The van der Waals surface area contributed by atoms with Gasteiger partial charge in [0.25, 0.3) is 11.9 Å². The van der Waals surface area contributed by atoms with E-state index in [9.17, 15) is 22.8 Å². The number of nitrogens with one attached hydrogen (secondary N) is 1. The lowest BCUT2D eigenvalue weighted by Crippen LogP contribution is -2.25. The average molecular weight is 483 g/mol. The van der Waals surface area contributed by atoms with Crippen molar-refractivity contribution in [2.75, 3.05) is 37.0 Å². The molecular weight excluding hydrogens is 463 g/mol. The van der Waals surface area contributed by atoms with Crippen LogP contribution in [-0.2, 0) is 9.59 Å². The molecular formula is C17H20F3N3O6S2. The molecule has 0 saturated carbocycles. The molecule has 2 rings (SSSR count). The van der Waals surface area contributed by atoms with E-state index in [1.54, 1.807) is 33.9 Å². The maximum absolute atomic E-state index is 12.1. The Kier molecular flexibility index (Phi) is 10.5. The molecule has 0 bridgehead atoms. The Balaban J connectivity index is 0.000000592. The van der Waals surface area contributed by atoms with Crippen molar-refractivity contribution in [1.82, 2.24) is 10.3 Å². The summed E-state index contributed by atoms with van der Waals surface area (Å²) in [4.78, 5) is 37.5. The first kappa shape index (κ1) is 26.4. The summed E-state index contributed by atoms with van der Waals surface area (Å²) in [5.41, 5.74) is 1.80. The van der Waals surface area contributed by atoms with Gasteiger partial charge in [-0.2, -0.15) is 18.2 Å². The standard InChI is InChI=1S/C15H19N3O4S2.C2HF3O2/c1-18(2)15-17-11-4-3-10(9-12(11)22-15)14(21)16-6-8-24-23-7-5-13(19)20;3-2(4,5)1(6)7/h3-4,9H,5-8H2,1-2H3,(H,16,21)(H,19,20);(H,6,7). The number of amides is 1. The van der Waals surface area contributed by atoms with Crippen molar-refractivity contribution in [2.45, 2.75) is 12.6 Å². The fourth-order valence-corrected chi connectivity index (χ4v) is 3.69. The summed E-state index contributed by atoms with van der Waals surface area (Å²) in [5.74, 6) is -2.45. The topological polar surface area (TPSA) is 133 Å². The summed E-state index contributed by atoms with van der Waals surface area (Å²) in [7, 11) is 6.71. The van der Waals surface area contributed by atoms with Crippen LogP contribution in [0.4, 0.5) is 19.2 Å². The van der Waals surface area contributed by atoms with Gasteiger partial charge in [0, 0.05) is 37.7 Å². The van der Waals surface area contributed by atoms with Gasteiger partial charge in [0.2, 0.25) is 0 Å². The Hall–Kier alpha value is -2.61. The Morgan fingerprint density at radius 3 is 2.32 bits per heavy atom. The van der Waals surface area contributed by atoms with Crippen molar-refractivity contribution >= 4 is 56.5 Å². The third kappa shape index (κ3) is 9.83. The predicted octanol–water partition coefficient (Wildman–Crippen LogP) is 3.11.